The summed E-state index contributed by atoms with van der Waals surface area (Å²) in [6.07, 6.45) is 0. The number of halogens is 2. The van der Waals surface area contributed by atoms with Crippen LogP contribution in [-0.4, -0.2) is 10.3 Å². The Morgan fingerprint density at radius 2 is 2.27 bits per heavy atom. The van der Waals surface area contributed by atoms with Crippen LogP contribution in [-0.2, 0) is 0 Å². The lowest BCUT2D eigenvalue weighted by Gasteiger charge is -2.00. The van der Waals surface area contributed by atoms with E-state index in [1.807, 2.05) is 0 Å². The molecule has 0 saturated heterocycles. The van der Waals surface area contributed by atoms with Crippen molar-refractivity contribution in [2.45, 2.75) is 0 Å². The molecule has 2 N–H and O–H groups in total. The van der Waals surface area contributed by atoms with Crippen LogP contribution in [0.1, 0.15) is 5.56 Å². The molecule has 78 valence electrons. The third-order valence-electron chi connectivity index (χ3n) is 1.61. The highest BCUT2D eigenvalue weighted by atomic mass is 79.9. The van der Waals surface area contributed by atoms with E-state index >= 15 is 0 Å². The van der Waals surface area contributed by atoms with E-state index in [0.29, 0.717) is 10.9 Å². The molecule has 0 bridgehead atoms. The van der Waals surface area contributed by atoms with Crippen LogP contribution in [0.5, 0.6) is 0 Å². The van der Waals surface area contributed by atoms with E-state index in [1.54, 1.807) is 0 Å². The highest BCUT2D eigenvalue weighted by molar-refractivity contribution is 9.09. The van der Waals surface area contributed by atoms with Crippen molar-refractivity contribution in [1.29, 1.82) is 0 Å². The minimum Gasteiger partial charge on any atom is -0.392 e. The zero-order valence-corrected chi connectivity index (χ0v) is 9.80. The van der Waals surface area contributed by atoms with E-state index in [4.69, 9.17) is 17.3 Å². The number of nitrogens with zero attached hydrogens (tertiary/aromatic N) is 1. The van der Waals surface area contributed by atoms with Crippen molar-refractivity contribution in [3.63, 3.8) is 0 Å². The van der Waals surface area contributed by atoms with Crippen molar-refractivity contribution in [3.05, 3.63) is 32.8 Å². The summed E-state index contributed by atoms with van der Waals surface area (Å²) in [5, 5.41) is 11.3. The van der Waals surface area contributed by atoms with Crippen molar-refractivity contribution in [3.8, 4) is 11.8 Å². The second-order valence-corrected chi connectivity index (χ2v) is 3.58. The van der Waals surface area contributed by atoms with E-state index in [-0.39, 0.29) is 16.4 Å². The van der Waals surface area contributed by atoms with E-state index < -0.39 is 4.92 Å². The Morgan fingerprint density at radius 1 is 1.60 bits per heavy atom. The number of nitrogens with two attached hydrogens (primary N) is 1. The minimum atomic E-state index is -0.583. The molecule has 0 atom stereocenters. The van der Waals surface area contributed by atoms with Gasteiger partial charge in [-0.1, -0.05) is 39.4 Å². The average Bonchev–Trinajstić information content (AvgIpc) is 2.18. The van der Waals surface area contributed by atoms with Crippen molar-refractivity contribution in [2.75, 3.05) is 11.1 Å². The maximum atomic E-state index is 10.6. The highest BCUT2D eigenvalue weighted by Gasteiger charge is 2.15. The monoisotopic (exact) mass is 288 g/mol. The molecule has 6 heteroatoms. The molecule has 1 aromatic carbocycles. The molecule has 1 aromatic rings. The third kappa shape index (κ3) is 2.85. The first kappa shape index (κ1) is 11.8. The van der Waals surface area contributed by atoms with Crippen LogP contribution in [0.2, 0.25) is 5.02 Å². The molecule has 0 fully saturated rings. The maximum Gasteiger partial charge on any atom is 0.294 e. The molecule has 0 unspecified atom stereocenters. The number of hydrogen-bond donors (Lipinski definition) is 1. The number of nitro groups is 1. The minimum absolute atomic E-state index is 0.0397. The summed E-state index contributed by atoms with van der Waals surface area (Å²) < 4.78 is 0. The SMILES string of the molecule is Nc1c(C#CCBr)cc(Cl)cc1[N+](=O)[O-]. The fraction of sp³-hybridized carbons (Fsp3) is 0.111. The topological polar surface area (TPSA) is 69.2 Å². The van der Waals surface area contributed by atoms with Crippen LogP contribution in [0.4, 0.5) is 11.4 Å². The van der Waals surface area contributed by atoms with E-state index in [9.17, 15) is 10.1 Å². The lowest BCUT2D eigenvalue weighted by molar-refractivity contribution is -0.383. The van der Waals surface area contributed by atoms with Gasteiger partial charge in [-0.15, -0.1) is 0 Å². The summed E-state index contributed by atoms with van der Waals surface area (Å²) in [5.74, 6) is 5.39. The van der Waals surface area contributed by atoms with E-state index in [2.05, 4.69) is 27.8 Å². The molecule has 0 aromatic heterocycles. The van der Waals surface area contributed by atoms with Crippen molar-refractivity contribution < 1.29 is 4.92 Å². The molecule has 1 rings (SSSR count). The molecular formula is C9H6BrClN2O2. The molecule has 0 spiro atoms. The number of nitrogen functional groups attached to an aromatic ring is 1. The fourth-order valence-electron chi connectivity index (χ4n) is 0.987. The second-order valence-electron chi connectivity index (χ2n) is 2.58. The summed E-state index contributed by atoms with van der Waals surface area (Å²) in [7, 11) is 0. The van der Waals surface area contributed by atoms with Gasteiger partial charge in [0.05, 0.1) is 15.8 Å². The molecule has 0 heterocycles. The molecule has 0 aliphatic carbocycles. The number of nitro benzene ring substituents is 1. The van der Waals surface area contributed by atoms with Crippen molar-refractivity contribution >= 4 is 38.9 Å². The zero-order valence-electron chi connectivity index (χ0n) is 7.46. The molecule has 0 aliphatic heterocycles. The molecular weight excluding hydrogens is 283 g/mol. The van der Waals surface area contributed by atoms with Crippen LogP contribution < -0.4 is 5.73 Å². The Balaban J connectivity index is 3.34. The molecule has 15 heavy (non-hydrogen) atoms. The summed E-state index contributed by atoms with van der Waals surface area (Å²) in [5.41, 5.74) is 5.76. The van der Waals surface area contributed by atoms with Gasteiger partial charge in [-0.25, -0.2) is 0 Å². The van der Waals surface area contributed by atoms with Gasteiger partial charge in [0.15, 0.2) is 0 Å². The Morgan fingerprint density at radius 3 is 2.80 bits per heavy atom. The lowest BCUT2D eigenvalue weighted by atomic mass is 10.1. The number of rotatable bonds is 1. The van der Waals surface area contributed by atoms with Crippen molar-refractivity contribution in [2.24, 2.45) is 0 Å². The first-order valence-corrected chi connectivity index (χ1v) is 5.34. The van der Waals surface area contributed by atoms with E-state index in [1.165, 1.54) is 12.1 Å². The quantitative estimate of drug-likeness (QED) is 0.284. The van der Waals surface area contributed by atoms with Crippen LogP contribution >= 0.6 is 27.5 Å². The predicted octanol–water partition coefficient (Wildman–Crippen LogP) is 2.58. The standard InChI is InChI=1S/C9H6BrClN2O2/c10-3-1-2-6-4-7(11)5-8(9(6)12)13(14)15/h4-5H,3,12H2. The van der Waals surface area contributed by atoms with Gasteiger partial charge in [-0.05, 0) is 6.07 Å². The Hall–Kier alpha value is -1.25. The van der Waals surface area contributed by atoms with Gasteiger partial charge >= 0.3 is 0 Å². The van der Waals surface area contributed by atoms with Gasteiger partial charge < -0.3 is 5.73 Å². The number of benzene rings is 1. The van der Waals surface area contributed by atoms with Gasteiger partial charge in [0.1, 0.15) is 5.69 Å². The van der Waals surface area contributed by atoms with Gasteiger partial charge in [0.25, 0.3) is 5.69 Å². The fourth-order valence-corrected chi connectivity index (χ4v) is 1.34. The molecule has 0 aliphatic rings. The summed E-state index contributed by atoms with van der Waals surface area (Å²) in [6.45, 7) is 0. The first-order chi connectivity index (χ1) is 7.06. The Kier molecular flexibility index (Phi) is 3.95. The smallest absolute Gasteiger partial charge is 0.294 e. The second kappa shape index (κ2) is 5.01. The molecule has 0 amide bonds. The van der Waals surface area contributed by atoms with Crippen LogP contribution in [0.3, 0.4) is 0 Å². The van der Waals surface area contributed by atoms with Crippen molar-refractivity contribution in [1.82, 2.24) is 0 Å². The van der Waals surface area contributed by atoms with Crippen LogP contribution in [0.15, 0.2) is 12.1 Å². The van der Waals surface area contributed by atoms with Crippen LogP contribution in [0, 0.1) is 22.0 Å². The maximum absolute atomic E-state index is 10.6. The molecule has 4 nitrogen and oxygen atoms in total. The average molecular weight is 290 g/mol. The molecule has 0 radical (unpaired) electrons. The Labute approximate surface area is 99.7 Å². The molecule has 0 saturated carbocycles. The number of hydrogen-bond acceptors (Lipinski definition) is 3. The summed E-state index contributed by atoms with van der Waals surface area (Å²) >= 11 is 8.82. The summed E-state index contributed by atoms with van der Waals surface area (Å²) in [6, 6.07) is 2.70. The van der Waals surface area contributed by atoms with Gasteiger partial charge in [-0.3, -0.25) is 10.1 Å². The summed E-state index contributed by atoms with van der Waals surface area (Å²) in [4.78, 5) is 10.0. The van der Waals surface area contributed by atoms with E-state index in [0.717, 1.165) is 0 Å². The van der Waals surface area contributed by atoms with Gasteiger partial charge in [0.2, 0.25) is 0 Å². The van der Waals surface area contributed by atoms with Gasteiger partial charge in [-0.2, -0.15) is 0 Å². The number of alkyl halides is 1. The number of anilines is 1. The zero-order chi connectivity index (χ0) is 11.4. The largest absolute Gasteiger partial charge is 0.392 e. The Bertz CT molecular complexity index is 465. The first-order valence-electron chi connectivity index (χ1n) is 3.84. The normalized spacial score (nSPS) is 9.20. The highest BCUT2D eigenvalue weighted by Crippen LogP contribution is 2.28. The van der Waals surface area contributed by atoms with Crippen LogP contribution in [0.25, 0.3) is 0 Å². The third-order valence-corrected chi connectivity index (χ3v) is 2.11. The predicted molar refractivity (Wildman–Crippen MR) is 63.2 cm³/mol. The van der Waals surface area contributed by atoms with Gasteiger partial charge in [0, 0.05) is 11.1 Å². The lowest BCUT2D eigenvalue weighted by Crippen LogP contribution is -1.98.